The van der Waals surface area contributed by atoms with Crippen molar-refractivity contribution >= 4 is 24.0 Å². The van der Waals surface area contributed by atoms with Crippen LogP contribution in [0.15, 0.2) is 24.3 Å². The van der Waals surface area contributed by atoms with Gasteiger partial charge in [-0.2, -0.15) is 0 Å². The molecule has 0 aliphatic carbocycles. The molecule has 0 saturated heterocycles. The lowest BCUT2D eigenvalue weighted by atomic mass is 10.2. The molecule has 1 rings (SSSR count). The molecule has 0 aliphatic rings. The zero-order valence-electron chi connectivity index (χ0n) is 6.78. The van der Waals surface area contributed by atoms with Gasteiger partial charge in [-0.05, 0) is 24.3 Å². The average molecular weight is 203 g/mol. The Balaban J connectivity index is 0.00000144. The molecular weight excluding hydrogens is 192 g/mol. The lowest BCUT2D eigenvalue weighted by Crippen LogP contribution is -2.29. The third-order valence-electron chi connectivity index (χ3n) is 1.44. The second-order valence-corrected chi connectivity index (χ2v) is 2.20. The summed E-state index contributed by atoms with van der Waals surface area (Å²) in [6.45, 7) is 0. The second kappa shape index (κ2) is 5.36. The molecule has 0 heterocycles. The summed E-state index contributed by atoms with van der Waals surface area (Å²) >= 11 is 0. The van der Waals surface area contributed by atoms with Gasteiger partial charge in [0.1, 0.15) is 0 Å². The molecular formula is C7H11ClN4O. The molecule has 1 aromatic rings. The summed E-state index contributed by atoms with van der Waals surface area (Å²) in [5.74, 6) is 9.75. The van der Waals surface area contributed by atoms with Crippen LogP contribution in [0.1, 0.15) is 10.4 Å². The molecule has 0 atom stereocenters. The summed E-state index contributed by atoms with van der Waals surface area (Å²) in [5.41, 5.74) is 5.71. The molecule has 0 fully saturated rings. The van der Waals surface area contributed by atoms with Crippen molar-refractivity contribution in [2.24, 2.45) is 11.7 Å². The van der Waals surface area contributed by atoms with Crippen molar-refractivity contribution in [3.63, 3.8) is 0 Å². The lowest BCUT2D eigenvalue weighted by Gasteiger charge is -2.01. The van der Waals surface area contributed by atoms with E-state index in [-0.39, 0.29) is 18.3 Å². The number of hydrazine groups is 2. The topological polar surface area (TPSA) is 93.2 Å². The minimum atomic E-state index is -0.321. The van der Waals surface area contributed by atoms with Crippen LogP contribution in [0.5, 0.6) is 0 Å². The Hall–Kier alpha value is -1.30. The fourth-order valence-electron chi connectivity index (χ4n) is 0.801. The molecule has 1 aromatic carbocycles. The molecule has 1 amide bonds. The Labute approximate surface area is 81.8 Å². The SMILES string of the molecule is Cl.NNC(=O)c1ccc(NN)cc1. The largest absolute Gasteiger partial charge is 0.324 e. The highest BCUT2D eigenvalue weighted by atomic mass is 35.5. The van der Waals surface area contributed by atoms with E-state index in [1.807, 2.05) is 5.43 Å². The number of hydrogen-bond acceptors (Lipinski definition) is 4. The summed E-state index contributed by atoms with van der Waals surface area (Å²) in [7, 11) is 0. The summed E-state index contributed by atoms with van der Waals surface area (Å²) in [6.07, 6.45) is 0. The molecule has 0 unspecified atom stereocenters. The molecule has 0 spiro atoms. The van der Waals surface area contributed by atoms with E-state index in [0.717, 1.165) is 5.69 Å². The van der Waals surface area contributed by atoms with Gasteiger partial charge in [0.25, 0.3) is 5.91 Å². The molecule has 0 aromatic heterocycles. The van der Waals surface area contributed by atoms with Gasteiger partial charge in [-0.3, -0.25) is 16.1 Å². The van der Waals surface area contributed by atoms with Crippen LogP contribution in [0, 0.1) is 0 Å². The van der Waals surface area contributed by atoms with E-state index in [9.17, 15) is 4.79 Å². The Kier molecular flexibility index (Phi) is 4.83. The number of benzene rings is 1. The standard InChI is InChI=1S/C7H10N4O.ClH/c8-10-6-3-1-5(2-4-6)7(12)11-9;/h1-4,10H,8-9H2,(H,11,12);1H. The average Bonchev–Trinajstić information content (AvgIpc) is 2.17. The first-order valence-electron chi connectivity index (χ1n) is 3.35. The number of halogens is 1. The first kappa shape index (κ1) is 11.7. The summed E-state index contributed by atoms with van der Waals surface area (Å²) in [6, 6.07) is 6.62. The summed E-state index contributed by atoms with van der Waals surface area (Å²) in [4.78, 5) is 10.9. The maximum absolute atomic E-state index is 10.9. The van der Waals surface area contributed by atoms with Crippen molar-refractivity contribution in [3.8, 4) is 0 Å². The summed E-state index contributed by atoms with van der Waals surface area (Å²) in [5, 5.41) is 0. The highest BCUT2D eigenvalue weighted by molar-refractivity contribution is 5.94. The fourth-order valence-corrected chi connectivity index (χ4v) is 0.801. The number of anilines is 1. The molecule has 13 heavy (non-hydrogen) atoms. The van der Waals surface area contributed by atoms with Crippen molar-refractivity contribution in [2.45, 2.75) is 0 Å². The van der Waals surface area contributed by atoms with E-state index in [2.05, 4.69) is 5.43 Å². The monoisotopic (exact) mass is 202 g/mol. The van der Waals surface area contributed by atoms with E-state index >= 15 is 0 Å². The molecule has 6 heteroatoms. The molecule has 6 N–H and O–H groups in total. The highest BCUT2D eigenvalue weighted by Gasteiger charge is 2.00. The van der Waals surface area contributed by atoms with E-state index in [4.69, 9.17) is 11.7 Å². The van der Waals surface area contributed by atoms with Crippen LogP contribution >= 0.6 is 12.4 Å². The third-order valence-corrected chi connectivity index (χ3v) is 1.44. The zero-order chi connectivity index (χ0) is 8.97. The van der Waals surface area contributed by atoms with Crippen LogP contribution in [0.2, 0.25) is 0 Å². The van der Waals surface area contributed by atoms with Crippen LogP contribution < -0.4 is 22.5 Å². The first-order valence-corrected chi connectivity index (χ1v) is 3.35. The predicted molar refractivity (Wildman–Crippen MR) is 53.2 cm³/mol. The van der Waals surface area contributed by atoms with E-state index < -0.39 is 0 Å². The molecule has 0 aliphatic heterocycles. The van der Waals surface area contributed by atoms with Crippen molar-refractivity contribution in [1.82, 2.24) is 5.43 Å². The smallest absolute Gasteiger partial charge is 0.265 e. The van der Waals surface area contributed by atoms with Gasteiger partial charge in [-0.1, -0.05) is 0 Å². The quantitative estimate of drug-likeness (QED) is 0.309. The van der Waals surface area contributed by atoms with Crippen LogP contribution in [0.4, 0.5) is 5.69 Å². The van der Waals surface area contributed by atoms with Gasteiger partial charge in [-0.25, -0.2) is 5.84 Å². The number of rotatable bonds is 2. The minimum absolute atomic E-state index is 0. The van der Waals surface area contributed by atoms with Gasteiger partial charge in [0, 0.05) is 11.3 Å². The van der Waals surface area contributed by atoms with Gasteiger partial charge in [0.05, 0.1) is 0 Å². The number of nitrogen functional groups attached to an aromatic ring is 2. The number of hydrogen-bond donors (Lipinski definition) is 4. The van der Waals surface area contributed by atoms with Gasteiger partial charge in [0.15, 0.2) is 0 Å². The van der Waals surface area contributed by atoms with Gasteiger partial charge >= 0.3 is 0 Å². The van der Waals surface area contributed by atoms with Crippen LogP contribution in [0.25, 0.3) is 0 Å². The van der Waals surface area contributed by atoms with Gasteiger partial charge in [0.2, 0.25) is 0 Å². The molecule has 0 bridgehead atoms. The number of nitrogens with two attached hydrogens (primary N) is 2. The van der Waals surface area contributed by atoms with E-state index in [1.54, 1.807) is 24.3 Å². The van der Waals surface area contributed by atoms with Gasteiger partial charge < -0.3 is 5.43 Å². The fraction of sp³-hybridized carbons (Fsp3) is 0. The van der Waals surface area contributed by atoms with E-state index in [0.29, 0.717) is 5.56 Å². The maximum Gasteiger partial charge on any atom is 0.265 e. The Bertz CT molecular complexity index is 274. The first-order chi connectivity index (χ1) is 5.77. The lowest BCUT2D eigenvalue weighted by molar-refractivity contribution is 0.0953. The highest BCUT2D eigenvalue weighted by Crippen LogP contribution is 2.07. The number of amides is 1. The van der Waals surface area contributed by atoms with Gasteiger partial charge in [-0.15, -0.1) is 12.4 Å². The van der Waals surface area contributed by atoms with Crippen molar-refractivity contribution in [3.05, 3.63) is 29.8 Å². The second-order valence-electron chi connectivity index (χ2n) is 2.20. The number of carbonyl (C=O) groups is 1. The Morgan fingerprint density at radius 3 is 2.08 bits per heavy atom. The van der Waals surface area contributed by atoms with Crippen molar-refractivity contribution < 1.29 is 4.79 Å². The number of nitrogens with one attached hydrogen (secondary N) is 2. The Morgan fingerprint density at radius 2 is 1.69 bits per heavy atom. The molecule has 0 radical (unpaired) electrons. The number of carbonyl (C=O) groups excluding carboxylic acids is 1. The van der Waals surface area contributed by atoms with Crippen LogP contribution in [-0.4, -0.2) is 5.91 Å². The molecule has 5 nitrogen and oxygen atoms in total. The van der Waals surface area contributed by atoms with Crippen molar-refractivity contribution in [1.29, 1.82) is 0 Å². The van der Waals surface area contributed by atoms with Crippen LogP contribution in [-0.2, 0) is 0 Å². The summed E-state index contributed by atoms with van der Waals surface area (Å²) < 4.78 is 0. The normalized spacial score (nSPS) is 8.46. The minimum Gasteiger partial charge on any atom is -0.324 e. The van der Waals surface area contributed by atoms with E-state index in [1.165, 1.54) is 0 Å². The van der Waals surface area contributed by atoms with Crippen LogP contribution in [0.3, 0.4) is 0 Å². The van der Waals surface area contributed by atoms with Crippen molar-refractivity contribution in [2.75, 3.05) is 5.43 Å². The molecule has 72 valence electrons. The Morgan fingerprint density at radius 1 is 1.15 bits per heavy atom. The predicted octanol–water partition coefficient (Wildman–Crippen LogP) is -0.00250. The zero-order valence-corrected chi connectivity index (χ0v) is 7.60. The molecule has 0 saturated carbocycles. The maximum atomic E-state index is 10.9. The third kappa shape index (κ3) is 2.90.